The molecule has 0 amide bonds. The second kappa shape index (κ2) is 4.97. The molecule has 1 aliphatic carbocycles. The number of aryl methyl sites for hydroxylation is 1. The first-order valence-corrected chi connectivity index (χ1v) is 6.24. The zero-order valence-electron chi connectivity index (χ0n) is 10.2. The molecule has 3 unspecified atom stereocenters. The first-order chi connectivity index (χ1) is 7.76. The van der Waals surface area contributed by atoms with E-state index in [1.165, 1.54) is 25.0 Å². The summed E-state index contributed by atoms with van der Waals surface area (Å²) in [7, 11) is 0. The Kier molecular flexibility index (Phi) is 3.61. The van der Waals surface area contributed by atoms with Crippen molar-refractivity contribution in [2.24, 2.45) is 17.7 Å². The van der Waals surface area contributed by atoms with Crippen LogP contribution in [0.2, 0.25) is 0 Å². The first-order valence-electron chi connectivity index (χ1n) is 6.24. The lowest BCUT2D eigenvalue weighted by atomic mass is 9.95. The maximum Gasteiger partial charge on any atom is 0.0657 e. The van der Waals surface area contributed by atoms with Gasteiger partial charge in [0.15, 0.2) is 0 Å². The van der Waals surface area contributed by atoms with Crippen molar-refractivity contribution in [1.29, 1.82) is 0 Å². The zero-order chi connectivity index (χ0) is 11.5. The minimum absolute atomic E-state index is 0.257. The van der Waals surface area contributed by atoms with Gasteiger partial charge in [-0.3, -0.25) is 16.0 Å². The second-order valence-corrected chi connectivity index (χ2v) is 4.89. The summed E-state index contributed by atoms with van der Waals surface area (Å²) in [6, 6.07) is 2.34. The predicted octanol–water partition coefficient (Wildman–Crippen LogP) is 1.84. The van der Waals surface area contributed by atoms with Crippen LogP contribution >= 0.6 is 0 Å². The summed E-state index contributed by atoms with van der Waals surface area (Å²) in [5, 5.41) is 4.32. The van der Waals surface area contributed by atoms with E-state index in [-0.39, 0.29) is 6.04 Å². The van der Waals surface area contributed by atoms with Crippen molar-refractivity contribution in [2.75, 3.05) is 0 Å². The molecular weight excluding hydrogens is 200 g/mol. The van der Waals surface area contributed by atoms with Crippen molar-refractivity contribution in [3.05, 3.63) is 18.0 Å². The van der Waals surface area contributed by atoms with Crippen molar-refractivity contribution >= 4 is 0 Å². The van der Waals surface area contributed by atoms with Gasteiger partial charge in [0.1, 0.15) is 0 Å². The van der Waals surface area contributed by atoms with Gasteiger partial charge in [0.25, 0.3) is 0 Å². The minimum Gasteiger partial charge on any atom is -0.271 e. The number of hydrogen-bond donors (Lipinski definition) is 2. The molecule has 0 aliphatic heterocycles. The van der Waals surface area contributed by atoms with E-state index in [4.69, 9.17) is 5.84 Å². The molecule has 1 fully saturated rings. The number of hydrazine groups is 1. The topological polar surface area (TPSA) is 55.9 Å². The highest BCUT2D eigenvalue weighted by atomic mass is 15.3. The molecule has 16 heavy (non-hydrogen) atoms. The van der Waals surface area contributed by atoms with Gasteiger partial charge in [-0.25, -0.2) is 0 Å². The molecule has 90 valence electrons. The molecule has 3 atom stereocenters. The molecule has 1 saturated carbocycles. The Labute approximate surface area is 97.2 Å². The van der Waals surface area contributed by atoms with Gasteiger partial charge in [-0.1, -0.05) is 13.3 Å². The fraction of sp³-hybridized carbons (Fsp3) is 0.750. The zero-order valence-corrected chi connectivity index (χ0v) is 10.2. The van der Waals surface area contributed by atoms with E-state index in [9.17, 15) is 0 Å². The summed E-state index contributed by atoms with van der Waals surface area (Å²) in [5.74, 6) is 7.21. The van der Waals surface area contributed by atoms with E-state index < -0.39 is 0 Å². The van der Waals surface area contributed by atoms with E-state index in [0.717, 1.165) is 12.5 Å². The summed E-state index contributed by atoms with van der Waals surface area (Å²) in [6.45, 7) is 5.34. The van der Waals surface area contributed by atoms with Crippen LogP contribution in [-0.2, 0) is 6.54 Å². The minimum atomic E-state index is 0.257. The van der Waals surface area contributed by atoms with Gasteiger partial charge < -0.3 is 0 Å². The van der Waals surface area contributed by atoms with Crippen LogP contribution in [0.3, 0.4) is 0 Å². The fourth-order valence-corrected chi connectivity index (χ4v) is 2.89. The highest BCUT2D eigenvalue weighted by molar-refractivity contribution is 5.09. The Balaban J connectivity index is 2.16. The van der Waals surface area contributed by atoms with Gasteiger partial charge in [0, 0.05) is 12.7 Å². The summed E-state index contributed by atoms with van der Waals surface area (Å²) in [5.41, 5.74) is 4.21. The number of nitrogens with one attached hydrogen (secondary N) is 1. The molecule has 0 aromatic carbocycles. The number of nitrogens with zero attached hydrogens (tertiary/aromatic N) is 2. The first kappa shape index (κ1) is 11.6. The average molecular weight is 222 g/mol. The lowest BCUT2D eigenvalue weighted by molar-refractivity contribution is 0.343. The molecule has 1 aliphatic rings. The van der Waals surface area contributed by atoms with Crippen LogP contribution in [0.5, 0.6) is 0 Å². The number of hydrogen-bond acceptors (Lipinski definition) is 3. The molecule has 1 heterocycles. The maximum absolute atomic E-state index is 5.72. The molecule has 1 aromatic heterocycles. The van der Waals surface area contributed by atoms with E-state index in [1.807, 2.05) is 10.9 Å². The summed E-state index contributed by atoms with van der Waals surface area (Å²) >= 11 is 0. The normalized spacial score (nSPS) is 27.2. The highest BCUT2D eigenvalue weighted by Crippen LogP contribution is 2.38. The van der Waals surface area contributed by atoms with Crippen LogP contribution in [0.4, 0.5) is 0 Å². The Bertz CT molecular complexity index is 334. The van der Waals surface area contributed by atoms with E-state index in [1.54, 1.807) is 0 Å². The van der Waals surface area contributed by atoms with Crippen molar-refractivity contribution < 1.29 is 0 Å². The molecule has 1 aromatic rings. The van der Waals surface area contributed by atoms with Crippen LogP contribution in [-0.4, -0.2) is 9.78 Å². The lowest BCUT2D eigenvalue weighted by Crippen LogP contribution is -2.34. The van der Waals surface area contributed by atoms with Crippen molar-refractivity contribution in [2.45, 2.75) is 45.7 Å². The van der Waals surface area contributed by atoms with E-state index in [0.29, 0.717) is 5.92 Å². The highest BCUT2D eigenvalue weighted by Gasteiger charge is 2.30. The number of nitrogens with two attached hydrogens (primary N) is 1. The standard InChI is InChI=1S/C12H22N4/c1-3-16-11(6-7-14-16)12(15-13)10-5-4-9(2)8-10/h6-7,9-10,12,15H,3-5,8,13H2,1-2H3. The van der Waals surface area contributed by atoms with Crippen LogP contribution in [0.1, 0.15) is 44.8 Å². The monoisotopic (exact) mass is 222 g/mol. The predicted molar refractivity (Wildman–Crippen MR) is 64.5 cm³/mol. The van der Waals surface area contributed by atoms with Crippen molar-refractivity contribution in [1.82, 2.24) is 15.2 Å². The summed E-state index contributed by atoms with van der Waals surface area (Å²) in [4.78, 5) is 0. The lowest BCUT2D eigenvalue weighted by Gasteiger charge is -2.23. The fourth-order valence-electron chi connectivity index (χ4n) is 2.89. The quantitative estimate of drug-likeness (QED) is 0.604. The Morgan fingerprint density at radius 2 is 2.44 bits per heavy atom. The number of rotatable bonds is 4. The molecule has 0 saturated heterocycles. The van der Waals surface area contributed by atoms with Crippen molar-refractivity contribution in [3.8, 4) is 0 Å². The van der Waals surface area contributed by atoms with Crippen molar-refractivity contribution in [3.63, 3.8) is 0 Å². The molecule has 4 heteroatoms. The van der Waals surface area contributed by atoms with E-state index >= 15 is 0 Å². The molecule has 4 nitrogen and oxygen atoms in total. The Hall–Kier alpha value is -0.870. The third-order valence-electron chi connectivity index (χ3n) is 3.75. The molecule has 2 rings (SSSR count). The Morgan fingerprint density at radius 3 is 3.00 bits per heavy atom. The van der Waals surface area contributed by atoms with Gasteiger partial charge in [0.05, 0.1) is 11.7 Å². The maximum atomic E-state index is 5.72. The van der Waals surface area contributed by atoms with Gasteiger partial charge in [-0.15, -0.1) is 0 Å². The molecule has 3 N–H and O–H groups in total. The molecule has 0 radical (unpaired) electrons. The SMILES string of the molecule is CCn1nccc1C(NN)C1CCC(C)C1. The molecular formula is C12H22N4. The Morgan fingerprint density at radius 1 is 1.62 bits per heavy atom. The molecule has 0 spiro atoms. The second-order valence-electron chi connectivity index (χ2n) is 4.89. The van der Waals surface area contributed by atoms with Gasteiger partial charge >= 0.3 is 0 Å². The van der Waals surface area contributed by atoms with E-state index in [2.05, 4.69) is 30.4 Å². The summed E-state index contributed by atoms with van der Waals surface area (Å²) in [6.07, 6.45) is 5.72. The van der Waals surface area contributed by atoms with Crippen LogP contribution < -0.4 is 11.3 Å². The third kappa shape index (κ3) is 2.13. The third-order valence-corrected chi connectivity index (χ3v) is 3.75. The van der Waals surface area contributed by atoms with Gasteiger partial charge in [-0.2, -0.15) is 5.10 Å². The smallest absolute Gasteiger partial charge is 0.0657 e. The van der Waals surface area contributed by atoms with Gasteiger partial charge in [-0.05, 0) is 37.7 Å². The average Bonchev–Trinajstić information content (AvgIpc) is 2.89. The largest absolute Gasteiger partial charge is 0.271 e. The van der Waals surface area contributed by atoms with Crippen LogP contribution in [0, 0.1) is 11.8 Å². The van der Waals surface area contributed by atoms with Gasteiger partial charge in [0.2, 0.25) is 0 Å². The van der Waals surface area contributed by atoms with Crippen LogP contribution in [0.25, 0.3) is 0 Å². The summed E-state index contributed by atoms with van der Waals surface area (Å²) < 4.78 is 2.04. The number of aromatic nitrogens is 2. The van der Waals surface area contributed by atoms with Crippen LogP contribution in [0.15, 0.2) is 12.3 Å². The molecule has 0 bridgehead atoms.